The van der Waals surface area contributed by atoms with Gasteiger partial charge in [0.1, 0.15) is 5.69 Å². The fraction of sp³-hybridized carbons (Fsp3) is 0.278. The highest BCUT2D eigenvalue weighted by molar-refractivity contribution is 6.05. The van der Waals surface area contributed by atoms with Crippen molar-refractivity contribution >= 4 is 28.7 Å². The highest BCUT2D eigenvalue weighted by Crippen LogP contribution is 2.30. The molecule has 2 aromatic rings. The molecule has 0 unspecified atom stereocenters. The van der Waals surface area contributed by atoms with Crippen molar-refractivity contribution in [2.24, 2.45) is 0 Å². The van der Waals surface area contributed by atoms with E-state index in [1.54, 1.807) is 6.07 Å². The highest BCUT2D eigenvalue weighted by atomic mass is 16.6. The second-order valence-corrected chi connectivity index (χ2v) is 6.51. The minimum atomic E-state index is -0.575. The average Bonchev–Trinajstić information content (AvgIpc) is 2.68. The standard InChI is InChI=1S/C18H19N5O5/c1-20-7-9-21(10-8-20)16-6-5-13(11-17(16)23(27)28)18(24)19-14-3-2-4-15(12-14)22(25)26/h2-6,11-12H,7-10H2,1H3,(H,19,24). The number of non-ortho nitro benzene ring substituents is 1. The zero-order chi connectivity index (χ0) is 20.3. The largest absolute Gasteiger partial charge is 0.363 e. The molecule has 0 radical (unpaired) electrons. The number of amides is 1. The van der Waals surface area contributed by atoms with Gasteiger partial charge < -0.3 is 15.1 Å². The van der Waals surface area contributed by atoms with Gasteiger partial charge >= 0.3 is 0 Å². The molecule has 146 valence electrons. The molecule has 0 aliphatic carbocycles. The van der Waals surface area contributed by atoms with E-state index >= 15 is 0 Å². The first-order chi connectivity index (χ1) is 13.3. The molecule has 1 N–H and O–H groups in total. The van der Waals surface area contributed by atoms with Gasteiger partial charge in [0, 0.05) is 55.6 Å². The molecule has 1 saturated heterocycles. The number of hydrogen-bond donors (Lipinski definition) is 1. The van der Waals surface area contributed by atoms with Crippen molar-refractivity contribution < 1.29 is 14.6 Å². The second kappa shape index (κ2) is 8.01. The summed E-state index contributed by atoms with van der Waals surface area (Å²) in [6, 6.07) is 9.83. The Kier molecular flexibility index (Phi) is 5.50. The van der Waals surface area contributed by atoms with Gasteiger partial charge in [0.25, 0.3) is 17.3 Å². The predicted molar refractivity (Wildman–Crippen MR) is 104 cm³/mol. The van der Waals surface area contributed by atoms with Crippen LogP contribution in [0.3, 0.4) is 0 Å². The van der Waals surface area contributed by atoms with Crippen molar-refractivity contribution in [3.8, 4) is 0 Å². The summed E-state index contributed by atoms with van der Waals surface area (Å²) in [5.74, 6) is -0.575. The Morgan fingerprint density at radius 3 is 2.36 bits per heavy atom. The summed E-state index contributed by atoms with van der Waals surface area (Å²) < 4.78 is 0. The van der Waals surface area contributed by atoms with Gasteiger partial charge in [-0.2, -0.15) is 0 Å². The van der Waals surface area contributed by atoms with Crippen LogP contribution >= 0.6 is 0 Å². The Bertz CT molecular complexity index is 924. The van der Waals surface area contributed by atoms with Crippen molar-refractivity contribution in [3.05, 3.63) is 68.3 Å². The normalized spacial score (nSPS) is 14.5. The number of likely N-dealkylation sites (N-methyl/N-ethyl adjacent to an activating group) is 1. The summed E-state index contributed by atoms with van der Waals surface area (Å²) in [6.45, 7) is 2.92. The third-order valence-electron chi connectivity index (χ3n) is 4.59. The minimum absolute atomic E-state index is 0.107. The van der Waals surface area contributed by atoms with E-state index in [4.69, 9.17) is 0 Å². The summed E-state index contributed by atoms with van der Waals surface area (Å²) in [6.07, 6.45) is 0. The third-order valence-corrected chi connectivity index (χ3v) is 4.59. The first-order valence-corrected chi connectivity index (χ1v) is 8.63. The van der Waals surface area contributed by atoms with Crippen molar-refractivity contribution in [2.45, 2.75) is 0 Å². The van der Waals surface area contributed by atoms with Crippen LogP contribution in [0.4, 0.5) is 22.7 Å². The molecule has 10 heteroatoms. The molecule has 1 aliphatic heterocycles. The molecule has 0 atom stereocenters. The summed E-state index contributed by atoms with van der Waals surface area (Å²) in [7, 11) is 1.99. The SMILES string of the molecule is CN1CCN(c2ccc(C(=O)Nc3cccc([N+](=O)[O-])c3)cc2[N+](=O)[O-])CC1. The molecule has 10 nitrogen and oxygen atoms in total. The van der Waals surface area contributed by atoms with Gasteiger partial charge in [-0.15, -0.1) is 0 Å². The third kappa shape index (κ3) is 4.23. The zero-order valence-corrected chi connectivity index (χ0v) is 15.2. The number of hydrogen-bond acceptors (Lipinski definition) is 7. The molecule has 3 rings (SSSR count). The Labute approximate surface area is 160 Å². The van der Waals surface area contributed by atoms with E-state index in [2.05, 4.69) is 10.2 Å². The second-order valence-electron chi connectivity index (χ2n) is 6.51. The van der Waals surface area contributed by atoms with Crippen LogP contribution in [0.1, 0.15) is 10.4 Å². The fourth-order valence-corrected chi connectivity index (χ4v) is 3.03. The lowest BCUT2D eigenvalue weighted by molar-refractivity contribution is -0.384. The molecule has 1 amide bonds. The molecule has 1 heterocycles. The van der Waals surface area contributed by atoms with Crippen molar-refractivity contribution in [1.82, 2.24) is 4.90 Å². The molecule has 0 bridgehead atoms. The number of carbonyl (C=O) groups excluding carboxylic acids is 1. The number of nitrogens with one attached hydrogen (secondary N) is 1. The first kappa shape index (κ1) is 19.2. The van der Waals surface area contributed by atoms with Crippen molar-refractivity contribution in [1.29, 1.82) is 0 Å². The lowest BCUT2D eigenvalue weighted by atomic mass is 10.1. The molecular weight excluding hydrogens is 366 g/mol. The molecule has 0 aromatic heterocycles. The maximum atomic E-state index is 12.5. The molecule has 28 heavy (non-hydrogen) atoms. The minimum Gasteiger partial charge on any atom is -0.363 e. The number of piperazine rings is 1. The Morgan fingerprint density at radius 1 is 1.00 bits per heavy atom. The summed E-state index contributed by atoms with van der Waals surface area (Å²) >= 11 is 0. The smallest absolute Gasteiger partial charge is 0.293 e. The van der Waals surface area contributed by atoms with Crippen LogP contribution < -0.4 is 10.2 Å². The topological polar surface area (TPSA) is 122 Å². The molecule has 0 spiro atoms. The molecular formula is C18H19N5O5. The van der Waals surface area contributed by atoms with Gasteiger partial charge in [-0.3, -0.25) is 25.0 Å². The van der Waals surface area contributed by atoms with Crippen LogP contribution in [-0.2, 0) is 0 Å². The van der Waals surface area contributed by atoms with Gasteiger partial charge in [-0.05, 0) is 25.2 Å². The fourth-order valence-electron chi connectivity index (χ4n) is 3.03. The van der Waals surface area contributed by atoms with Crippen LogP contribution in [0.2, 0.25) is 0 Å². The quantitative estimate of drug-likeness (QED) is 0.620. The Hall–Kier alpha value is -3.53. The molecule has 1 aliphatic rings. The molecule has 1 fully saturated rings. The number of benzene rings is 2. The van der Waals surface area contributed by atoms with E-state index in [0.29, 0.717) is 18.8 Å². The van der Waals surface area contributed by atoms with E-state index in [1.807, 2.05) is 11.9 Å². The number of carbonyl (C=O) groups is 1. The number of anilines is 2. The zero-order valence-electron chi connectivity index (χ0n) is 15.2. The molecule has 2 aromatic carbocycles. The van der Waals surface area contributed by atoms with E-state index < -0.39 is 15.8 Å². The Balaban J connectivity index is 1.83. The lowest BCUT2D eigenvalue weighted by Crippen LogP contribution is -2.44. The van der Waals surface area contributed by atoms with Gasteiger partial charge in [0.05, 0.1) is 9.85 Å². The maximum Gasteiger partial charge on any atom is 0.293 e. The summed E-state index contributed by atoms with van der Waals surface area (Å²) in [5.41, 5.74) is 0.525. The number of rotatable bonds is 5. The first-order valence-electron chi connectivity index (χ1n) is 8.63. The van der Waals surface area contributed by atoms with Crippen LogP contribution in [0, 0.1) is 20.2 Å². The van der Waals surface area contributed by atoms with Crippen LogP contribution in [-0.4, -0.2) is 53.9 Å². The highest BCUT2D eigenvalue weighted by Gasteiger charge is 2.24. The predicted octanol–water partition coefficient (Wildman–Crippen LogP) is 2.51. The van der Waals surface area contributed by atoms with Gasteiger partial charge in [-0.25, -0.2) is 0 Å². The van der Waals surface area contributed by atoms with Crippen LogP contribution in [0.25, 0.3) is 0 Å². The van der Waals surface area contributed by atoms with E-state index in [-0.39, 0.29) is 22.6 Å². The average molecular weight is 385 g/mol. The lowest BCUT2D eigenvalue weighted by Gasteiger charge is -2.33. The summed E-state index contributed by atoms with van der Waals surface area (Å²) in [4.78, 5) is 37.9. The Morgan fingerprint density at radius 2 is 1.71 bits per heavy atom. The van der Waals surface area contributed by atoms with Crippen molar-refractivity contribution in [2.75, 3.05) is 43.4 Å². The molecule has 0 saturated carbocycles. The number of nitro groups is 2. The summed E-state index contributed by atoms with van der Waals surface area (Å²) in [5, 5.41) is 24.9. The number of nitro benzene ring substituents is 2. The number of nitrogens with zero attached hydrogens (tertiary/aromatic N) is 4. The van der Waals surface area contributed by atoms with Crippen molar-refractivity contribution in [3.63, 3.8) is 0 Å². The monoisotopic (exact) mass is 385 g/mol. The van der Waals surface area contributed by atoms with Gasteiger partial charge in [0.15, 0.2) is 0 Å². The van der Waals surface area contributed by atoms with E-state index in [1.165, 1.54) is 36.4 Å². The van der Waals surface area contributed by atoms with Gasteiger partial charge in [-0.1, -0.05) is 6.07 Å². The van der Waals surface area contributed by atoms with Crippen LogP contribution in [0.5, 0.6) is 0 Å². The van der Waals surface area contributed by atoms with E-state index in [0.717, 1.165) is 13.1 Å². The van der Waals surface area contributed by atoms with Gasteiger partial charge in [0.2, 0.25) is 0 Å². The van der Waals surface area contributed by atoms with E-state index in [9.17, 15) is 25.0 Å². The van der Waals surface area contributed by atoms with Crippen LogP contribution in [0.15, 0.2) is 42.5 Å². The maximum absolute atomic E-state index is 12.5.